The summed E-state index contributed by atoms with van der Waals surface area (Å²) in [5.74, 6) is 0. The Morgan fingerprint density at radius 3 is 2.12 bits per heavy atom. The van der Waals surface area contributed by atoms with Crippen molar-refractivity contribution < 1.29 is 0 Å². The molecule has 2 nitrogen and oxygen atoms in total. The second kappa shape index (κ2) is 7.33. The monoisotopic (exact) mass is 234 g/mol. The number of rotatable bonds is 7. The van der Waals surface area contributed by atoms with E-state index < -0.39 is 0 Å². The zero-order valence-corrected chi connectivity index (χ0v) is 11.4. The van der Waals surface area contributed by atoms with Crippen molar-refractivity contribution in [2.24, 2.45) is 5.73 Å². The second-order valence-corrected chi connectivity index (χ2v) is 4.51. The third-order valence-electron chi connectivity index (χ3n) is 3.32. The first kappa shape index (κ1) is 14.0. The molecule has 96 valence electrons. The summed E-state index contributed by atoms with van der Waals surface area (Å²) in [5.41, 5.74) is 8.71. The molecule has 1 atom stereocenters. The van der Waals surface area contributed by atoms with Gasteiger partial charge in [-0.3, -0.25) is 0 Å². The summed E-state index contributed by atoms with van der Waals surface area (Å²) in [7, 11) is 0. The number of anilines is 1. The third-order valence-corrected chi connectivity index (χ3v) is 3.32. The quantitative estimate of drug-likeness (QED) is 0.779. The number of unbranched alkanes of at least 4 members (excludes halogenated alkanes) is 1. The van der Waals surface area contributed by atoms with Gasteiger partial charge in [-0.05, 0) is 38.0 Å². The van der Waals surface area contributed by atoms with Gasteiger partial charge in [-0.25, -0.2) is 0 Å². The standard InChI is InChI=1S/C15H26N2/c1-4-7-8-15(16)13-9-11-14(12-10-13)17(5-2)6-3/h9-12,15H,4-8,16H2,1-3H3/t15-/m1/s1. The fraction of sp³-hybridized carbons (Fsp3) is 0.600. The van der Waals surface area contributed by atoms with Crippen LogP contribution in [-0.4, -0.2) is 13.1 Å². The molecule has 0 aromatic heterocycles. The Morgan fingerprint density at radius 2 is 1.65 bits per heavy atom. The van der Waals surface area contributed by atoms with Crippen LogP contribution in [0, 0.1) is 0 Å². The van der Waals surface area contributed by atoms with E-state index in [0.717, 1.165) is 19.5 Å². The van der Waals surface area contributed by atoms with Gasteiger partial charge in [0.25, 0.3) is 0 Å². The van der Waals surface area contributed by atoms with E-state index >= 15 is 0 Å². The van der Waals surface area contributed by atoms with Crippen LogP contribution in [0.1, 0.15) is 51.6 Å². The van der Waals surface area contributed by atoms with E-state index in [-0.39, 0.29) is 6.04 Å². The molecule has 2 N–H and O–H groups in total. The highest BCUT2D eigenvalue weighted by Gasteiger charge is 2.06. The van der Waals surface area contributed by atoms with Gasteiger partial charge in [-0.2, -0.15) is 0 Å². The molecule has 17 heavy (non-hydrogen) atoms. The molecular formula is C15H26N2. The smallest absolute Gasteiger partial charge is 0.0366 e. The molecule has 1 aromatic carbocycles. The molecule has 1 rings (SSSR count). The molecule has 0 spiro atoms. The minimum Gasteiger partial charge on any atom is -0.372 e. The van der Waals surface area contributed by atoms with Gasteiger partial charge in [0.2, 0.25) is 0 Å². The minimum absolute atomic E-state index is 0.195. The van der Waals surface area contributed by atoms with E-state index in [1.807, 2.05) is 0 Å². The molecule has 2 heteroatoms. The lowest BCUT2D eigenvalue weighted by Crippen LogP contribution is -2.21. The molecule has 0 aliphatic carbocycles. The highest BCUT2D eigenvalue weighted by molar-refractivity contribution is 5.47. The number of benzene rings is 1. The lowest BCUT2D eigenvalue weighted by atomic mass is 10.0. The Balaban J connectivity index is 2.66. The summed E-state index contributed by atoms with van der Waals surface area (Å²) in [6, 6.07) is 8.92. The summed E-state index contributed by atoms with van der Waals surface area (Å²) < 4.78 is 0. The summed E-state index contributed by atoms with van der Waals surface area (Å²) in [4.78, 5) is 2.35. The third kappa shape index (κ3) is 4.04. The van der Waals surface area contributed by atoms with E-state index in [9.17, 15) is 0 Å². The number of hydrogen-bond donors (Lipinski definition) is 1. The Hall–Kier alpha value is -1.02. The van der Waals surface area contributed by atoms with Crippen molar-refractivity contribution in [1.82, 2.24) is 0 Å². The van der Waals surface area contributed by atoms with Crippen LogP contribution >= 0.6 is 0 Å². The summed E-state index contributed by atoms with van der Waals surface area (Å²) >= 11 is 0. The first-order valence-corrected chi connectivity index (χ1v) is 6.83. The van der Waals surface area contributed by atoms with Crippen molar-refractivity contribution in [3.05, 3.63) is 29.8 Å². The second-order valence-electron chi connectivity index (χ2n) is 4.51. The van der Waals surface area contributed by atoms with Crippen molar-refractivity contribution in [3.8, 4) is 0 Å². The lowest BCUT2D eigenvalue weighted by molar-refractivity contribution is 0.603. The highest BCUT2D eigenvalue weighted by atomic mass is 15.1. The molecule has 0 radical (unpaired) electrons. The van der Waals surface area contributed by atoms with Gasteiger partial charge >= 0.3 is 0 Å². The fourth-order valence-electron chi connectivity index (χ4n) is 2.11. The van der Waals surface area contributed by atoms with Crippen LogP contribution in [0.2, 0.25) is 0 Å². The van der Waals surface area contributed by atoms with Gasteiger partial charge in [-0.15, -0.1) is 0 Å². The van der Waals surface area contributed by atoms with Gasteiger partial charge in [0.15, 0.2) is 0 Å². The predicted octanol–water partition coefficient (Wildman–Crippen LogP) is 3.72. The molecule has 0 bridgehead atoms. The van der Waals surface area contributed by atoms with E-state index in [0.29, 0.717) is 0 Å². The normalized spacial score (nSPS) is 12.5. The van der Waals surface area contributed by atoms with E-state index in [1.54, 1.807) is 0 Å². The van der Waals surface area contributed by atoms with Crippen LogP contribution in [0.25, 0.3) is 0 Å². The lowest BCUT2D eigenvalue weighted by Gasteiger charge is -2.21. The Bertz CT molecular complexity index is 301. The molecule has 1 aromatic rings. The molecular weight excluding hydrogens is 208 g/mol. The molecule has 0 amide bonds. The van der Waals surface area contributed by atoms with E-state index in [4.69, 9.17) is 5.73 Å². The van der Waals surface area contributed by atoms with Crippen LogP contribution < -0.4 is 10.6 Å². The van der Waals surface area contributed by atoms with Gasteiger partial charge in [0.05, 0.1) is 0 Å². The predicted molar refractivity (Wildman–Crippen MR) is 76.5 cm³/mol. The van der Waals surface area contributed by atoms with E-state index in [1.165, 1.54) is 24.1 Å². The van der Waals surface area contributed by atoms with Crippen LogP contribution in [0.3, 0.4) is 0 Å². The zero-order chi connectivity index (χ0) is 12.7. The summed E-state index contributed by atoms with van der Waals surface area (Å²) in [6.07, 6.45) is 3.51. The van der Waals surface area contributed by atoms with Crippen LogP contribution in [0.5, 0.6) is 0 Å². The maximum atomic E-state index is 6.16. The molecule has 0 heterocycles. The van der Waals surface area contributed by atoms with Crippen LogP contribution in [0.15, 0.2) is 24.3 Å². The van der Waals surface area contributed by atoms with Gasteiger partial charge in [-0.1, -0.05) is 31.9 Å². The van der Waals surface area contributed by atoms with Gasteiger partial charge in [0, 0.05) is 24.8 Å². The zero-order valence-electron chi connectivity index (χ0n) is 11.4. The van der Waals surface area contributed by atoms with Crippen molar-refractivity contribution in [3.63, 3.8) is 0 Å². The highest BCUT2D eigenvalue weighted by Crippen LogP contribution is 2.21. The van der Waals surface area contributed by atoms with Crippen molar-refractivity contribution >= 4 is 5.69 Å². The largest absolute Gasteiger partial charge is 0.372 e. The maximum Gasteiger partial charge on any atom is 0.0366 e. The van der Waals surface area contributed by atoms with Gasteiger partial charge in [0.1, 0.15) is 0 Å². The molecule has 0 unspecified atom stereocenters. The number of hydrogen-bond acceptors (Lipinski definition) is 2. The number of nitrogens with zero attached hydrogens (tertiary/aromatic N) is 1. The average Bonchev–Trinajstić information content (AvgIpc) is 2.38. The molecule has 0 fully saturated rings. The first-order valence-electron chi connectivity index (χ1n) is 6.83. The molecule has 0 aliphatic rings. The maximum absolute atomic E-state index is 6.16. The van der Waals surface area contributed by atoms with E-state index in [2.05, 4.69) is 49.9 Å². The Labute approximate surface area is 106 Å². The first-order chi connectivity index (χ1) is 8.22. The summed E-state index contributed by atoms with van der Waals surface area (Å²) in [6.45, 7) is 8.68. The Kier molecular flexibility index (Phi) is 6.06. The fourth-order valence-corrected chi connectivity index (χ4v) is 2.11. The van der Waals surface area contributed by atoms with Crippen molar-refractivity contribution in [2.45, 2.75) is 46.1 Å². The van der Waals surface area contributed by atoms with Crippen molar-refractivity contribution in [1.29, 1.82) is 0 Å². The Morgan fingerprint density at radius 1 is 1.06 bits per heavy atom. The van der Waals surface area contributed by atoms with Gasteiger partial charge < -0.3 is 10.6 Å². The topological polar surface area (TPSA) is 29.3 Å². The molecule has 0 saturated heterocycles. The molecule has 0 aliphatic heterocycles. The van der Waals surface area contributed by atoms with Crippen molar-refractivity contribution in [2.75, 3.05) is 18.0 Å². The van der Waals surface area contributed by atoms with Crippen LogP contribution in [-0.2, 0) is 0 Å². The average molecular weight is 234 g/mol. The molecule has 0 saturated carbocycles. The SMILES string of the molecule is CCCC[C@@H](N)c1ccc(N(CC)CC)cc1. The minimum atomic E-state index is 0.195. The summed E-state index contributed by atoms with van der Waals surface area (Å²) in [5, 5.41) is 0. The number of nitrogens with two attached hydrogens (primary N) is 1. The van der Waals surface area contributed by atoms with Crippen LogP contribution in [0.4, 0.5) is 5.69 Å².